The van der Waals surface area contributed by atoms with Crippen molar-refractivity contribution in [2.45, 2.75) is 6.92 Å². The summed E-state index contributed by atoms with van der Waals surface area (Å²) < 4.78 is 18.8. The Labute approximate surface area is 149 Å². The van der Waals surface area contributed by atoms with Gasteiger partial charge in [-0.25, -0.2) is 9.18 Å². The molecule has 1 N–H and O–H groups in total. The lowest BCUT2D eigenvalue weighted by Crippen LogP contribution is -1.96. The van der Waals surface area contributed by atoms with Gasteiger partial charge in [0.05, 0.1) is 17.2 Å². The molecule has 0 amide bonds. The van der Waals surface area contributed by atoms with Gasteiger partial charge in [-0.05, 0) is 60.5 Å². The third-order valence-corrected chi connectivity index (χ3v) is 3.93. The Morgan fingerprint density at radius 3 is 2.42 bits per heavy atom. The van der Waals surface area contributed by atoms with Gasteiger partial charge >= 0.3 is 5.97 Å². The molecule has 0 saturated heterocycles. The van der Waals surface area contributed by atoms with Gasteiger partial charge < -0.3 is 9.52 Å². The first-order valence-corrected chi connectivity index (χ1v) is 7.80. The number of aromatic carboxylic acids is 1. The van der Waals surface area contributed by atoms with Crippen molar-refractivity contribution in [3.8, 4) is 17.4 Å². The van der Waals surface area contributed by atoms with E-state index in [1.54, 1.807) is 37.3 Å². The molecule has 0 spiro atoms. The summed E-state index contributed by atoms with van der Waals surface area (Å²) in [4.78, 5) is 11.0. The average Bonchev–Trinajstić information content (AvgIpc) is 3.08. The fourth-order valence-electron chi connectivity index (χ4n) is 2.60. The SMILES string of the molecule is Cc1cc(C(=O)O)ccc1-c1ccc(/C=C(/C#N)c2ccc(F)cc2)o1. The topological polar surface area (TPSA) is 74.2 Å². The number of allylic oxidation sites excluding steroid dienone is 1. The van der Waals surface area contributed by atoms with Crippen LogP contribution in [0, 0.1) is 24.1 Å². The zero-order valence-electron chi connectivity index (χ0n) is 13.9. The molecule has 0 atom stereocenters. The number of furan rings is 1. The number of nitrogens with zero attached hydrogens (tertiary/aromatic N) is 1. The lowest BCUT2D eigenvalue weighted by molar-refractivity contribution is 0.0697. The first-order chi connectivity index (χ1) is 12.5. The van der Waals surface area contributed by atoms with Crippen molar-refractivity contribution >= 4 is 17.6 Å². The van der Waals surface area contributed by atoms with E-state index in [9.17, 15) is 14.4 Å². The summed E-state index contributed by atoms with van der Waals surface area (Å²) in [6.45, 7) is 1.80. The molecule has 1 heterocycles. The Morgan fingerprint density at radius 2 is 1.81 bits per heavy atom. The van der Waals surface area contributed by atoms with Gasteiger partial charge in [-0.3, -0.25) is 0 Å². The van der Waals surface area contributed by atoms with E-state index in [0.717, 1.165) is 11.1 Å². The van der Waals surface area contributed by atoms with Crippen LogP contribution in [0.2, 0.25) is 0 Å². The van der Waals surface area contributed by atoms with Crippen LogP contribution in [0.5, 0.6) is 0 Å². The van der Waals surface area contributed by atoms with Crippen LogP contribution < -0.4 is 0 Å². The first-order valence-electron chi connectivity index (χ1n) is 7.80. The van der Waals surface area contributed by atoms with Crippen LogP contribution in [0.25, 0.3) is 23.0 Å². The fourth-order valence-corrected chi connectivity index (χ4v) is 2.60. The predicted octanol–water partition coefficient (Wildman–Crippen LogP) is 5.16. The van der Waals surface area contributed by atoms with Crippen LogP contribution >= 0.6 is 0 Å². The third-order valence-electron chi connectivity index (χ3n) is 3.93. The van der Waals surface area contributed by atoms with Gasteiger partial charge in [0.15, 0.2) is 0 Å². The number of rotatable bonds is 4. The number of carboxylic acid groups (broad SMARTS) is 1. The maximum atomic E-state index is 13.0. The molecule has 3 rings (SSSR count). The van der Waals surface area contributed by atoms with Crippen molar-refractivity contribution < 1.29 is 18.7 Å². The number of nitriles is 1. The third kappa shape index (κ3) is 3.55. The molecule has 0 aliphatic carbocycles. The van der Waals surface area contributed by atoms with E-state index >= 15 is 0 Å². The summed E-state index contributed by atoms with van der Waals surface area (Å²) in [6, 6.07) is 16.0. The number of benzene rings is 2. The Balaban J connectivity index is 1.93. The van der Waals surface area contributed by atoms with Gasteiger partial charge in [-0.1, -0.05) is 18.2 Å². The largest absolute Gasteiger partial charge is 0.478 e. The molecular formula is C21H14FNO3. The highest BCUT2D eigenvalue weighted by Crippen LogP contribution is 2.28. The highest BCUT2D eigenvalue weighted by Gasteiger charge is 2.11. The molecule has 0 aliphatic heterocycles. The van der Waals surface area contributed by atoms with E-state index in [4.69, 9.17) is 9.52 Å². The van der Waals surface area contributed by atoms with Crippen LogP contribution in [0.3, 0.4) is 0 Å². The smallest absolute Gasteiger partial charge is 0.335 e. The molecule has 128 valence electrons. The van der Waals surface area contributed by atoms with Gasteiger partial charge in [0.1, 0.15) is 17.3 Å². The predicted molar refractivity (Wildman–Crippen MR) is 95.7 cm³/mol. The molecule has 26 heavy (non-hydrogen) atoms. The minimum atomic E-state index is -0.985. The molecule has 2 aromatic carbocycles. The number of carbonyl (C=O) groups is 1. The Bertz CT molecular complexity index is 1040. The summed E-state index contributed by atoms with van der Waals surface area (Å²) >= 11 is 0. The number of halogens is 1. The normalized spacial score (nSPS) is 11.2. The van der Waals surface area contributed by atoms with Crippen LogP contribution in [0.15, 0.2) is 59.0 Å². The van der Waals surface area contributed by atoms with Crippen molar-refractivity contribution in [1.82, 2.24) is 0 Å². The number of hydrogen-bond acceptors (Lipinski definition) is 3. The first kappa shape index (κ1) is 17.2. The van der Waals surface area contributed by atoms with Gasteiger partial charge in [0.2, 0.25) is 0 Å². The molecule has 4 nitrogen and oxygen atoms in total. The van der Waals surface area contributed by atoms with Crippen molar-refractivity contribution in [3.63, 3.8) is 0 Å². The highest BCUT2D eigenvalue weighted by atomic mass is 19.1. The maximum absolute atomic E-state index is 13.0. The Hall–Kier alpha value is -3.65. The van der Waals surface area contributed by atoms with Crippen molar-refractivity contribution in [2.75, 3.05) is 0 Å². The molecular weight excluding hydrogens is 333 g/mol. The van der Waals surface area contributed by atoms with Crippen molar-refractivity contribution in [1.29, 1.82) is 5.26 Å². The lowest BCUT2D eigenvalue weighted by atomic mass is 10.0. The minimum absolute atomic E-state index is 0.209. The summed E-state index contributed by atoms with van der Waals surface area (Å²) in [6.07, 6.45) is 1.58. The van der Waals surface area contributed by atoms with E-state index in [1.165, 1.54) is 30.3 Å². The van der Waals surface area contributed by atoms with Crippen LogP contribution in [-0.4, -0.2) is 11.1 Å². The summed E-state index contributed by atoms with van der Waals surface area (Å²) in [5, 5.41) is 18.4. The van der Waals surface area contributed by atoms with Crippen LogP contribution in [0.1, 0.15) is 27.2 Å². The molecule has 0 aliphatic rings. The Morgan fingerprint density at radius 1 is 1.12 bits per heavy atom. The summed E-state index contributed by atoms with van der Waals surface area (Å²) in [5.41, 5.74) is 2.70. The second kappa shape index (κ2) is 7.08. The monoisotopic (exact) mass is 347 g/mol. The van der Waals surface area contributed by atoms with E-state index < -0.39 is 5.97 Å². The second-order valence-corrected chi connectivity index (χ2v) is 5.71. The molecule has 0 fully saturated rings. The van der Waals surface area contributed by atoms with Crippen molar-refractivity contribution in [2.24, 2.45) is 0 Å². The van der Waals surface area contributed by atoms with E-state index in [-0.39, 0.29) is 11.4 Å². The minimum Gasteiger partial charge on any atom is -0.478 e. The number of carboxylic acids is 1. The zero-order chi connectivity index (χ0) is 18.7. The van der Waals surface area contributed by atoms with E-state index in [2.05, 4.69) is 6.07 Å². The maximum Gasteiger partial charge on any atom is 0.335 e. The standard InChI is InChI=1S/C21H14FNO3/c1-13-10-15(21(24)25)4-8-19(13)20-9-7-18(26-20)11-16(12-23)14-2-5-17(22)6-3-14/h2-11H,1H3,(H,24,25)/b16-11-. The molecule has 0 bridgehead atoms. The van der Waals surface area contributed by atoms with Gasteiger partial charge in [0, 0.05) is 5.56 Å². The molecule has 0 saturated carbocycles. The number of hydrogen-bond donors (Lipinski definition) is 1. The summed E-state index contributed by atoms with van der Waals surface area (Å²) in [5.74, 6) is -0.308. The van der Waals surface area contributed by atoms with Gasteiger partial charge in [-0.2, -0.15) is 5.26 Å². The lowest BCUT2D eigenvalue weighted by Gasteiger charge is -2.04. The average molecular weight is 347 g/mol. The number of aryl methyl sites for hydroxylation is 1. The molecule has 0 radical (unpaired) electrons. The van der Waals surface area contributed by atoms with Crippen LogP contribution in [-0.2, 0) is 0 Å². The van der Waals surface area contributed by atoms with Gasteiger partial charge in [-0.15, -0.1) is 0 Å². The highest BCUT2D eigenvalue weighted by molar-refractivity contribution is 5.90. The molecule has 1 aromatic heterocycles. The van der Waals surface area contributed by atoms with E-state index in [0.29, 0.717) is 22.7 Å². The molecule has 5 heteroatoms. The fraction of sp³-hybridized carbons (Fsp3) is 0.0476. The van der Waals surface area contributed by atoms with Gasteiger partial charge in [0.25, 0.3) is 0 Å². The quantitative estimate of drug-likeness (QED) is 0.662. The molecule has 0 unspecified atom stereocenters. The summed E-state index contributed by atoms with van der Waals surface area (Å²) in [7, 11) is 0. The second-order valence-electron chi connectivity index (χ2n) is 5.71. The van der Waals surface area contributed by atoms with Crippen molar-refractivity contribution in [3.05, 3.63) is 82.9 Å². The zero-order valence-corrected chi connectivity index (χ0v) is 13.9. The Kier molecular flexibility index (Phi) is 4.68. The van der Waals surface area contributed by atoms with E-state index in [1.807, 2.05) is 0 Å². The molecule has 3 aromatic rings. The van der Waals surface area contributed by atoms with Crippen LogP contribution in [0.4, 0.5) is 4.39 Å².